The number of nitrogens with two attached hydrogens (primary N) is 1. The zero-order chi connectivity index (χ0) is 19.2. The minimum absolute atomic E-state index is 0.433. The van der Waals surface area contributed by atoms with Gasteiger partial charge in [0.25, 0.3) is 0 Å². The lowest BCUT2D eigenvalue weighted by Gasteiger charge is -2.37. The van der Waals surface area contributed by atoms with Gasteiger partial charge in [-0.1, -0.05) is 42.5 Å². The quantitative estimate of drug-likeness (QED) is 0.773. The molecule has 2 fully saturated rings. The van der Waals surface area contributed by atoms with Gasteiger partial charge in [-0.05, 0) is 48.9 Å². The first-order chi connectivity index (χ1) is 13.7. The molecule has 2 heterocycles. The number of benzene rings is 2. The van der Waals surface area contributed by atoms with Crippen LogP contribution in [0, 0.1) is 0 Å². The summed E-state index contributed by atoms with van der Waals surface area (Å²) in [6.07, 6.45) is 5.49. The van der Waals surface area contributed by atoms with Gasteiger partial charge in [0.2, 0.25) is 0 Å². The van der Waals surface area contributed by atoms with E-state index in [0.717, 1.165) is 70.6 Å². The number of nitrogen functional groups attached to an aromatic ring is 1. The fourth-order valence-corrected chi connectivity index (χ4v) is 4.47. The first-order valence-electron chi connectivity index (χ1n) is 10.7. The van der Waals surface area contributed by atoms with Gasteiger partial charge in [-0.25, -0.2) is 0 Å². The van der Waals surface area contributed by atoms with Crippen LogP contribution in [0.25, 0.3) is 0 Å². The molecule has 2 aliphatic heterocycles. The Bertz CT molecular complexity index is 720. The van der Waals surface area contributed by atoms with E-state index in [9.17, 15) is 0 Å². The molecule has 2 aromatic carbocycles. The average molecular weight is 380 g/mol. The molecule has 0 aliphatic carbocycles. The summed E-state index contributed by atoms with van der Waals surface area (Å²) in [6, 6.07) is 19.0. The van der Waals surface area contributed by atoms with E-state index in [2.05, 4.69) is 52.3 Å². The fourth-order valence-electron chi connectivity index (χ4n) is 4.47. The summed E-state index contributed by atoms with van der Waals surface area (Å²) >= 11 is 0. The van der Waals surface area contributed by atoms with Crippen molar-refractivity contribution in [3.8, 4) is 0 Å². The van der Waals surface area contributed by atoms with Crippen LogP contribution >= 0.6 is 0 Å². The van der Waals surface area contributed by atoms with Crippen molar-refractivity contribution in [1.82, 2.24) is 9.80 Å². The third-order valence-corrected chi connectivity index (χ3v) is 6.06. The Morgan fingerprint density at radius 1 is 0.714 bits per heavy atom. The van der Waals surface area contributed by atoms with Crippen molar-refractivity contribution in [2.24, 2.45) is 0 Å². The minimum atomic E-state index is 0.433. The predicted molar refractivity (Wildman–Crippen MR) is 115 cm³/mol. The van der Waals surface area contributed by atoms with Crippen molar-refractivity contribution < 1.29 is 4.74 Å². The predicted octanol–water partition coefficient (Wildman–Crippen LogP) is 3.91. The Morgan fingerprint density at radius 2 is 1.25 bits per heavy atom. The summed E-state index contributed by atoms with van der Waals surface area (Å²) in [6.45, 7) is 6.59. The van der Waals surface area contributed by atoms with Crippen LogP contribution < -0.4 is 5.73 Å². The van der Waals surface area contributed by atoms with E-state index in [0.29, 0.717) is 12.2 Å². The van der Waals surface area contributed by atoms with Crippen LogP contribution in [-0.4, -0.2) is 48.2 Å². The van der Waals surface area contributed by atoms with Gasteiger partial charge in [-0.2, -0.15) is 0 Å². The highest BCUT2D eigenvalue weighted by Gasteiger charge is 2.25. The van der Waals surface area contributed by atoms with Gasteiger partial charge in [0, 0.05) is 45.0 Å². The molecular formula is C24H33N3O. The van der Waals surface area contributed by atoms with E-state index in [-0.39, 0.29) is 0 Å². The minimum Gasteiger partial charge on any atom is -0.399 e. The molecule has 2 aromatic rings. The molecule has 4 nitrogen and oxygen atoms in total. The second-order valence-electron chi connectivity index (χ2n) is 8.32. The molecule has 0 unspecified atom stereocenters. The fraction of sp³-hybridized carbons (Fsp3) is 0.500. The van der Waals surface area contributed by atoms with E-state index in [1.54, 1.807) is 0 Å². The Morgan fingerprint density at radius 3 is 1.82 bits per heavy atom. The van der Waals surface area contributed by atoms with Crippen LogP contribution in [0.15, 0.2) is 54.6 Å². The maximum absolute atomic E-state index is 6.48. The Hall–Kier alpha value is -1.88. The standard InChI is InChI=1S/C24H33N3O/c25-22-8-4-7-21(17-22)19-27-15-11-24(12-16-27)28-23-9-13-26(14-10-23)18-20-5-2-1-3-6-20/h1-8,17,23-24H,9-16,18-19,25H2. The van der Waals surface area contributed by atoms with Crippen molar-refractivity contribution in [1.29, 1.82) is 0 Å². The number of nitrogens with zero attached hydrogens (tertiary/aromatic N) is 2. The summed E-state index contributed by atoms with van der Waals surface area (Å²) in [5.74, 6) is 0. The Kier molecular flexibility index (Phi) is 6.63. The molecule has 0 atom stereocenters. The normalized spacial score (nSPS) is 20.4. The molecule has 150 valence electrons. The topological polar surface area (TPSA) is 41.7 Å². The van der Waals surface area contributed by atoms with Crippen molar-refractivity contribution in [3.63, 3.8) is 0 Å². The lowest BCUT2D eigenvalue weighted by atomic mass is 10.0. The van der Waals surface area contributed by atoms with Crippen LogP contribution in [0.2, 0.25) is 0 Å². The van der Waals surface area contributed by atoms with E-state index < -0.39 is 0 Å². The summed E-state index contributed by atoms with van der Waals surface area (Å²) in [5, 5.41) is 0. The largest absolute Gasteiger partial charge is 0.399 e. The molecule has 28 heavy (non-hydrogen) atoms. The zero-order valence-electron chi connectivity index (χ0n) is 16.8. The van der Waals surface area contributed by atoms with Crippen LogP contribution in [0.3, 0.4) is 0 Å². The Labute approximate surface area is 169 Å². The molecule has 0 spiro atoms. The van der Waals surface area contributed by atoms with E-state index in [1.807, 2.05) is 12.1 Å². The van der Waals surface area contributed by atoms with Gasteiger partial charge in [0.15, 0.2) is 0 Å². The zero-order valence-corrected chi connectivity index (χ0v) is 16.8. The molecular weight excluding hydrogens is 346 g/mol. The van der Waals surface area contributed by atoms with Crippen LogP contribution in [-0.2, 0) is 17.8 Å². The number of piperidine rings is 2. The highest BCUT2D eigenvalue weighted by molar-refractivity contribution is 5.40. The molecule has 0 saturated carbocycles. The lowest BCUT2D eigenvalue weighted by Crippen LogP contribution is -2.41. The van der Waals surface area contributed by atoms with Crippen molar-refractivity contribution in [2.75, 3.05) is 31.9 Å². The molecule has 0 bridgehead atoms. The summed E-state index contributed by atoms with van der Waals surface area (Å²) in [7, 11) is 0. The second-order valence-corrected chi connectivity index (χ2v) is 8.32. The molecule has 0 amide bonds. The van der Waals surface area contributed by atoms with Crippen LogP contribution in [0.1, 0.15) is 36.8 Å². The SMILES string of the molecule is Nc1cccc(CN2CCC(OC3CCN(Cc4ccccc4)CC3)CC2)c1. The molecule has 2 N–H and O–H groups in total. The van der Waals surface area contributed by atoms with Crippen molar-refractivity contribution in [2.45, 2.75) is 51.0 Å². The summed E-state index contributed by atoms with van der Waals surface area (Å²) < 4.78 is 6.48. The van der Waals surface area contributed by atoms with Crippen molar-refractivity contribution >= 4 is 5.69 Å². The number of ether oxygens (including phenoxy) is 1. The Balaban J connectivity index is 1.16. The number of anilines is 1. The van der Waals surface area contributed by atoms with Gasteiger partial charge in [-0.3, -0.25) is 9.80 Å². The third kappa shape index (κ3) is 5.57. The molecule has 2 saturated heterocycles. The average Bonchev–Trinajstić information content (AvgIpc) is 2.72. The number of rotatable bonds is 6. The van der Waals surface area contributed by atoms with Gasteiger partial charge >= 0.3 is 0 Å². The first kappa shape index (κ1) is 19.4. The number of hydrogen-bond donors (Lipinski definition) is 1. The van der Waals surface area contributed by atoms with Gasteiger partial charge in [-0.15, -0.1) is 0 Å². The maximum atomic E-state index is 6.48. The van der Waals surface area contributed by atoms with Crippen LogP contribution in [0.5, 0.6) is 0 Å². The van der Waals surface area contributed by atoms with E-state index in [1.165, 1.54) is 11.1 Å². The molecule has 4 rings (SSSR count). The summed E-state index contributed by atoms with van der Waals surface area (Å²) in [4.78, 5) is 5.08. The maximum Gasteiger partial charge on any atom is 0.0603 e. The van der Waals surface area contributed by atoms with Crippen LogP contribution in [0.4, 0.5) is 5.69 Å². The molecule has 0 aromatic heterocycles. The second kappa shape index (κ2) is 9.55. The van der Waals surface area contributed by atoms with E-state index in [4.69, 9.17) is 10.5 Å². The molecule has 4 heteroatoms. The monoisotopic (exact) mass is 379 g/mol. The van der Waals surface area contributed by atoms with Gasteiger partial charge in [0.1, 0.15) is 0 Å². The van der Waals surface area contributed by atoms with E-state index >= 15 is 0 Å². The molecule has 2 aliphatic rings. The smallest absolute Gasteiger partial charge is 0.0603 e. The van der Waals surface area contributed by atoms with Gasteiger partial charge < -0.3 is 10.5 Å². The van der Waals surface area contributed by atoms with Crippen molar-refractivity contribution in [3.05, 3.63) is 65.7 Å². The third-order valence-electron chi connectivity index (χ3n) is 6.06. The first-order valence-corrected chi connectivity index (χ1v) is 10.7. The number of likely N-dealkylation sites (tertiary alicyclic amines) is 2. The summed E-state index contributed by atoms with van der Waals surface area (Å²) in [5.41, 5.74) is 9.48. The number of hydrogen-bond acceptors (Lipinski definition) is 4. The molecule has 0 radical (unpaired) electrons. The highest BCUT2D eigenvalue weighted by Crippen LogP contribution is 2.23. The van der Waals surface area contributed by atoms with Gasteiger partial charge in [0.05, 0.1) is 12.2 Å². The lowest BCUT2D eigenvalue weighted by molar-refractivity contribution is -0.0664. The highest BCUT2D eigenvalue weighted by atomic mass is 16.5.